The summed E-state index contributed by atoms with van der Waals surface area (Å²) in [6.45, 7) is 6.09. The average Bonchev–Trinajstić information content (AvgIpc) is 2.71. The van der Waals surface area contributed by atoms with Gasteiger partial charge in [0.2, 0.25) is 0 Å². The molecule has 0 spiro atoms. The number of nitrogens with zero attached hydrogens (tertiary/aromatic N) is 3. The van der Waals surface area contributed by atoms with Crippen molar-refractivity contribution in [3.63, 3.8) is 0 Å². The Kier molecular flexibility index (Phi) is 3.65. The predicted molar refractivity (Wildman–Crippen MR) is 70.7 cm³/mol. The van der Waals surface area contributed by atoms with Crippen LogP contribution in [0.15, 0.2) is 20.1 Å². The second-order valence-corrected chi connectivity index (χ2v) is 4.89. The standard InChI is InChI=1S/C12H14BrN3O2/c1-4-10-9(7(2)15-18-10)5-16-6-14-8(3)11(13)12(16)17/h6H,4-5H2,1-3H3. The lowest BCUT2D eigenvalue weighted by Gasteiger charge is -2.06. The minimum Gasteiger partial charge on any atom is -0.361 e. The summed E-state index contributed by atoms with van der Waals surface area (Å²) in [6.07, 6.45) is 2.31. The van der Waals surface area contributed by atoms with Crippen LogP contribution in [0.5, 0.6) is 0 Å². The fourth-order valence-electron chi connectivity index (χ4n) is 1.75. The van der Waals surface area contributed by atoms with E-state index in [9.17, 15) is 4.79 Å². The summed E-state index contributed by atoms with van der Waals surface area (Å²) < 4.78 is 7.26. The summed E-state index contributed by atoms with van der Waals surface area (Å²) in [5, 5.41) is 3.93. The van der Waals surface area contributed by atoms with Gasteiger partial charge in [-0.3, -0.25) is 9.36 Å². The summed E-state index contributed by atoms with van der Waals surface area (Å²) in [4.78, 5) is 16.2. The summed E-state index contributed by atoms with van der Waals surface area (Å²) in [7, 11) is 0. The highest BCUT2D eigenvalue weighted by Gasteiger charge is 2.13. The molecule has 0 aliphatic carbocycles. The number of hydrogen-bond acceptors (Lipinski definition) is 4. The van der Waals surface area contributed by atoms with Gasteiger partial charge in [-0.2, -0.15) is 0 Å². The monoisotopic (exact) mass is 311 g/mol. The third kappa shape index (κ3) is 2.25. The molecule has 0 aliphatic rings. The van der Waals surface area contributed by atoms with E-state index in [1.807, 2.05) is 13.8 Å². The molecule has 0 aliphatic heterocycles. The van der Waals surface area contributed by atoms with E-state index in [2.05, 4.69) is 26.1 Å². The van der Waals surface area contributed by atoms with Crippen molar-refractivity contribution in [3.8, 4) is 0 Å². The molecule has 96 valence electrons. The molecule has 6 heteroatoms. The molecule has 2 rings (SSSR count). The van der Waals surface area contributed by atoms with Crippen LogP contribution in [-0.2, 0) is 13.0 Å². The molecule has 0 atom stereocenters. The van der Waals surface area contributed by atoms with Gasteiger partial charge in [-0.1, -0.05) is 12.1 Å². The SMILES string of the molecule is CCc1onc(C)c1Cn1cnc(C)c(Br)c1=O. The third-order valence-corrected chi connectivity index (χ3v) is 3.79. The molecule has 0 radical (unpaired) electrons. The highest BCUT2D eigenvalue weighted by Crippen LogP contribution is 2.15. The van der Waals surface area contributed by atoms with Crippen molar-refractivity contribution < 1.29 is 4.52 Å². The van der Waals surface area contributed by atoms with E-state index < -0.39 is 0 Å². The van der Waals surface area contributed by atoms with Crippen molar-refractivity contribution in [2.24, 2.45) is 0 Å². The van der Waals surface area contributed by atoms with Crippen LogP contribution in [0, 0.1) is 13.8 Å². The Labute approximate surface area is 113 Å². The first-order chi connectivity index (χ1) is 8.54. The Hall–Kier alpha value is -1.43. The first kappa shape index (κ1) is 13.0. The van der Waals surface area contributed by atoms with Crippen LogP contribution in [0.3, 0.4) is 0 Å². The fraction of sp³-hybridized carbons (Fsp3) is 0.417. The quantitative estimate of drug-likeness (QED) is 0.872. The molecular weight excluding hydrogens is 298 g/mol. The van der Waals surface area contributed by atoms with Crippen molar-refractivity contribution in [2.75, 3.05) is 0 Å². The first-order valence-corrected chi connectivity index (χ1v) is 6.49. The van der Waals surface area contributed by atoms with Crippen molar-refractivity contribution in [1.29, 1.82) is 0 Å². The summed E-state index contributed by atoms with van der Waals surface area (Å²) in [5.41, 5.74) is 2.37. The van der Waals surface area contributed by atoms with Gasteiger partial charge in [-0.25, -0.2) is 4.98 Å². The van der Waals surface area contributed by atoms with E-state index in [-0.39, 0.29) is 5.56 Å². The lowest BCUT2D eigenvalue weighted by molar-refractivity contribution is 0.381. The maximum atomic E-state index is 12.1. The lowest BCUT2D eigenvalue weighted by Crippen LogP contribution is -2.23. The Morgan fingerprint density at radius 2 is 2.11 bits per heavy atom. The molecule has 0 saturated carbocycles. The van der Waals surface area contributed by atoms with E-state index in [1.54, 1.807) is 17.8 Å². The van der Waals surface area contributed by atoms with Crippen molar-refractivity contribution in [2.45, 2.75) is 33.7 Å². The first-order valence-electron chi connectivity index (χ1n) is 5.70. The number of aromatic nitrogens is 3. The van der Waals surface area contributed by atoms with Crippen molar-refractivity contribution in [3.05, 3.63) is 43.9 Å². The summed E-state index contributed by atoms with van der Waals surface area (Å²) >= 11 is 3.25. The second kappa shape index (κ2) is 5.06. The highest BCUT2D eigenvalue weighted by atomic mass is 79.9. The number of rotatable bonds is 3. The molecule has 5 nitrogen and oxygen atoms in total. The van der Waals surface area contributed by atoms with Crippen LogP contribution in [0.2, 0.25) is 0 Å². The largest absolute Gasteiger partial charge is 0.361 e. The molecule has 0 unspecified atom stereocenters. The molecule has 0 amide bonds. The summed E-state index contributed by atoms with van der Waals surface area (Å²) in [6, 6.07) is 0. The van der Waals surface area contributed by atoms with Gasteiger partial charge in [-0.05, 0) is 29.8 Å². The zero-order valence-electron chi connectivity index (χ0n) is 10.5. The molecule has 0 aromatic carbocycles. The van der Waals surface area contributed by atoms with Crippen LogP contribution in [0.4, 0.5) is 0 Å². The van der Waals surface area contributed by atoms with Crippen LogP contribution >= 0.6 is 15.9 Å². The third-order valence-electron chi connectivity index (χ3n) is 2.87. The minimum atomic E-state index is -0.0925. The second-order valence-electron chi connectivity index (χ2n) is 4.10. The van der Waals surface area contributed by atoms with Crippen LogP contribution < -0.4 is 5.56 Å². The molecule has 0 saturated heterocycles. The number of hydrogen-bond donors (Lipinski definition) is 0. The smallest absolute Gasteiger partial charge is 0.268 e. The van der Waals surface area contributed by atoms with Gasteiger partial charge in [0.1, 0.15) is 10.2 Å². The minimum absolute atomic E-state index is 0.0925. The molecule has 2 aromatic heterocycles. The van der Waals surface area contributed by atoms with E-state index in [0.29, 0.717) is 16.7 Å². The van der Waals surface area contributed by atoms with Gasteiger partial charge in [0.15, 0.2) is 0 Å². The van der Waals surface area contributed by atoms with Crippen molar-refractivity contribution in [1.82, 2.24) is 14.7 Å². The molecule has 0 fully saturated rings. The normalized spacial score (nSPS) is 10.9. The Morgan fingerprint density at radius 1 is 1.39 bits per heavy atom. The average molecular weight is 312 g/mol. The van der Waals surface area contributed by atoms with Gasteiger partial charge in [0.25, 0.3) is 5.56 Å². The lowest BCUT2D eigenvalue weighted by atomic mass is 10.1. The molecule has 2 heterocycles. The van der Waals surface area contributed by atoms with Crippen LogP contribution in [0.25, 0.3) is 0 Å². The zero-order chi connectivity index (χ0) is 13.3. The molecule has 2 aromatic rings. The topological polar surface area (TPSA) is 60.9 Å². The predicted octanol–water partition coefficient (Wildman–Crippen LogP) is 2.22. The highest BCUT2D eigenvalue weighted by molar-refractivity contribution is 9.10. The van der Waals surface area contributed by atoms with Gasteiger partial charge >= 0.3 is 0 Å². The van der Waals surface area contributed by atoms with Crippen LogP contribution in [-0.4, -0.2) is 14.7 Å². The Morgan fingerprint density at radius 3 is 2.78 bits per heavy atom. The summed E-state index contributed by atoms with van der Waals surface area (Å²) in [5.74, 6) is 0.816. The molecule has 0 bridgehead atoms. The van der Waals surface area contributed by atoms with E-state index in [4.69, 9.17) is 4.52 Å². The fourth-order valence-corrected chi connectivity index (χ4v) is 2.08. The molecular formula is C12H14BrN3O2. The Balaban J connectivity index is 2.43. The van der Waals surface area contributed by atoms with Gasteiger partial charge in [0, 0.05) is 12.0 Å². The zero-order valence-corrected chi connectivity index (χ0v) is 12.1. The maximum Gasteiger partial charge on any atom is 0.268 e. The number of aryl methyl sites for hydroxylation is 3. The Bertz CT molecular complexity index is 631. The van der Waals surface area contributed by atoms with Crippen LogP contribution in [0.1, 0.15) is 29.6 Å². The molecule has 0 N–H and O–H groups in total. The van der Waals surface area contributed by atoms with Gasteiger partial charge in [-0.15, -0.1) is 0 Å². The van der Waals surface area contributed by atoms with Crippen molar-refractivity contribution >= 4 is 15.9 Å². The maximum absolute atomic E-state index is 12.1. The number of halogens is 1. The molecule has 18 heavy (non-hydrogen) atoms. The van der Waals surface area contributed by atoms with Gasteiger partial charge < -0.3 is 4.52 Å². The van der Waals surface area contributed by atoms with E-state index in [1.165, 1.54) is 0 Å². The van der Waals surface area contributed by atoms with E-state index in [0.717, 1.165) is 23.4 Å². The van der Waals surface area contributed by atoms with Gasteiger partial charge in [0.05, 0.1) is 24.3 Å². The van der Waals surface area contributed by atoms with E-state index >= 15 is 0 Å².